The standard InChI is InChI=1S/C20H24N4O3S/c1-20(2,3)16-11-17(23-27-16)22-19(26)24-28-9-8-15(12-28)13-6-5-7-14(10-13)18(25)21-4/h5-12,28H,1-4H3,(H,21,25)(H2,22,23,24,26). The Morgan fingerprint density at radius 3 is 2.64 bits per heavy atom. The largest absolute Gasteiger partial charge is 0.359 e. The van der Waals surface area contributed by atoms with E-state index in [0.29, 0.717) is 17.1 Å². The van der Waals surface area contributed by atoms with E-state index < -0.39 is 11.1 Å². The van der Waals surface area contributed by atoms with Crippen LogP contribution >= 0.6 is 11.1 Å². The molecule has 1 atom stereocenters. The maximum Gasteiger partial charge on any atom is 0.329 e. The van der Waals surface area contributed by atoms with Crippen molar-refractivity contribution in [3.05, 3.63) is 64.1 Å². The molecule has 3 amide bonds. The van der Waals surface area contributed by atoms with Crippen molar-refractivity contribution in [3.63, 3.8) is 0 Å². The summed E-state index contributed by atoms with van der Waals surface area (Å²) in [6.45, 7) is 6.03. The lowest BCUT2D eigenvalue weighted by molar-refractivity contribution is 0.0963. The number of allylic oxidation sites excluding steroid dienone is 2. The first-order valence-corrected chi connectivity index (χ1v) is 10.3. The Balaban J connectivity index is 1.63. The zero-order chi connectivity index (χ0) is 20.3. The maximum absolute atomic E-state index is 12.2. The van der Waals surface area contributed by atoms with Crippen LogP contribution in [0, 0.1) is 0 Å². The molecule has 1 aromatic heterocycles. The van der Waals surface area contributed by atoms with Gasteiger partial charge in [0.25, 0.3) is 5.91 Å². The molecule has 0 spiro atoms. The van der Waals surface area contributed by atoms with Crippen LogP contribution in [0.5, 0.6) is 0 Å². The number of nitrogens with one attached hydrogen (secondary N) is 3. The summed E-state index contributed by atoms with van der Waals surface area (Å²) in [4.78, 5) is 24.1. The highest BCUT2D eigenvalue weighted by Crippen LogP contribution is 2.37. The summed E-state index contributed by atoms with van der Waals surface area (Å²) >= 11 is -0.952. The lowest BCUT2D eigenvalue weighted by Crippen LogP contribution is -2.24. The number of urea groups is 1. The lowest BCUT2D eigenvalue weighted by Gasteiger charge is -2.13. The molecule has 148 valence electrons. The molecule has 3 N–H and O–H groups in total. The molecule has 1 aliphatic rings. The third-order valence-corrected chi connectivity index (χ3v) is 5.59. The average Bonchev–Trinajstić information content (AvgIpc) is 3.30. The van der Waals surface area contributed by atoms with Gasteiger partial charge in [-0.15, -0.1) is 11.1 Å². The molecule has 1 aliphatic heterocycles. The minimum Gasteiger partial charge on any atom is -0.359 e. The molecule has 7 nitrogen and oxygen atoms in total. The van der Waals surface area contributed by atoms with Crippen LogP contribution in [-0.4, -0.2) is 24.1 Å². The topological polar surface area (TPSA) is 96.3 Å². The second-order valence-corrected chi connectivity index (χ2v) is 8.95. The number of anilines is 1. The fourth-order valence-corrected chi connectivity index (χ4v) is 3.94. The van der Waals surface area contributed by atoms with Crippen LogP contribution in [0.15, 0.2) is 51.7 Å². The molecule has 8 heteroatoms. The second-order valence-electron chi connectivity index (χ2n) is 7.36. The van der Waals surface area contributed by atoms with Gasteiger partial charge in [-0.25, -0.2) is 4.79 Å². The van der Waals surface area contributed by atoms with Gasteiger partial charge in [0.1, 0.15) is 5.76 Å². The molecule has 0 saturated heterocycles. The zero-order valence-electron chi connectivity index (χ0n) is 16.2. The summed E-state index contributed by atoms with van der Waals surface area (Å²) in [5.41, 5.74) is 2.31. The Morgan fingerprint density at radius 2 is 1.96 bits per heavy atom. The van der Waals surface area contributed by atoms with E-state index in [2.05, 4.69) is 20.5 Å². The predicted molar refractivity (Wildman–Crippen MR) is 113 cm³/mol. The number of hydrogen-bond donors (Lipinski definition) is 4. The lowest BCUT2D eigenvalue weighted by atomic mass is 9.93. The van der Waals surface area contributed by atoms with E-state index in [1.807, 2.05) is 55.9 Å². The number of aromatic nitrogens is 1. The molecule has 0 saturated carbocycles. The van der Waals surface area contributed by atoms with E-state index in [-0.39, 0.29) is 17.4 Å². The number of benzene rings is 1. The van der Waals surface area contributed by atoms with Crippen LogP contribution in [0.3, 0.4) is 0 Å². The van der Waals surface area contributed by atoms with Crippen LogP contribution < -0.4 is 15.4 Å². The number of hydrogen-bond acceptors (Lipinski definition) is 4. The van der Waals surface area contributed by atoms with Gasteiger partial charge in [0, 0.05) is 24.1 Å². The normalized spacial score (nSPS) is 17.1. The van der Waals surface area contributed by atoms with Crippen molar-refractivity contribution in [1.29, 1.82) is 0 Å². The molecular weight excluding hydrogens is 376 g/mol. The van der Waals surface area contributed by atoms with E-state index in [1.54, 1.807) is 19.2 Å². The monoisotopic (exact) mass is 400 g/mol. The van der Waals surface area contributed by atoms with Crippen LogP contribution in [0.2, 0.25) is 0 Å². The van der Waals surface area contributed by atoms with Gasteiger partial charge in [0.15, 0.2) is 5.82 Å². The molecular formula is C20H24N4O3S. The third kappa shape index (κ3) is 4.64. The first kappa shape index (κ1) is 19.8. The fraction of sp³-hybridized carbons (Fsp3) is 0.250. The van der Waals surface area contributed by atoms with E-state index in [1.165, 1.54) is 0 Å². The van der Waals surface area contributed by atoms with Gasteiger partial charge < -0.3 is 9.84 Å². The maximum atomic E-state index is 12.2. The first-order valence-electron chi connectivity index (χ1n) is 8.82. The van der Waals surface area contributed by atoms with E-state index in [4.69, 9.17) is 4.52 Å². The molecule has 0 bridgehead atoms. The van der Waals surface area contributed by atoms with Gasteiger partial charge in [0.05, 0.1) is 0 Å². The Kier molecular flexibility index (Phi) is 5.60. The number of thiol groups is 1. The van der Waals surface area contributed by atoms with Gasteiger partial charge in [-0.2, -0.15) is 0 Å². The van der Waals surface area contributed by atoms with Crippen molar-refractivity contribution in [2.24, 2.45) is 0 Å². The number of rotatable bonds is 4. The van der Waals surface area contributed by atoms with Crippen molar-refractivity contribution >= 4 is 34.4 Å². The quantitative estimate of drug-likeness (QED) is 0.585. The molecule has 1 unspecified atom stereocenters. The minimum absolute atomic E-state index is 0.133. The summed E-state index contributed by atoms with van der Waals surface area (Å²) in [5.74, 6) is 0.946. The van der Waals surface area contributed by atoms with Gasteiger partial charge in [-0.05, 0) is 40.2 Å². The van der Waals surface area contributed by atoms with Crippen molar-refractivity contribution < 1.29 is 14.1 Å². The summed E-state index contributed by atoms with van der Waals surface area (Å²) in [7, 11) is 1.60. The smallest absolute Gasteiger partial charge is 0.329 e. The summed E-state index contributed by atoms with van der Waals surface area (Å²) in [6.07, 6.45) is 1.95. The zero-order valence-corrected chi connectivity index (χ0v) is 17.1. The molecule has 2 heterocycles. The Hall–Kier alpha value is -3.00. The number of carbonyl (C=O) groups excluding carboxylic acids is 2. The Labute approximate surface area is 166 Å². The van der Waals surface area contributed by atoms with Gasteiger partial charge in [-0.3, -0.25) is 14.8 Å². The van der Waals surface area contributed by atoms with E-state index in [0.717, 1.165) is 11.1 Å². The second kappa shape index (κ2) is 7.93. The van der Waals surface area contributed by atoms with Crippen molar-refractivity contribution in [2.45, 2.75) is 26.2 Å². The summed E-state index contributed by atoms with van der Waals surface area (Å²) in [5, 5.41) is 13.1. The Bertz CT molecular complexity index is 956. The summed E-state index contributed by atoms with van der Waals surface area (Å²) in [6, 6.07) is 8.75. The third-order valence-electron chi connectivity index (χ3n) is 4.10. The molecule has 2 aromatic rings. The minimum atomic E-state index is -0.952. The molecule has 1 aromatic carbocycles. The van der Waals surface area contributed by atoms with E-state index in [9.17, 15) is 9.59 Å². The SMILES string of the molecule is CNC(=O)c1cccc(C2=C[SH](NC(=O)Nc3cc(C(C)(C)C)on3)C=C2)c1. The molecule has 0 aliphatic carbocycles. The van der Waals surface area contributed by atoms with Crippen molar-refractivity contribution in [3.8, 4) is 0 Å². The van der Waals surface area contributed by atoms with Gasteiger partial charge in [0.2, 0.25) is 0 Å². The van der Waals surface area contributed by atoms with Gasteiger partial charge in [-0.1, -0.05) is 38.1 Å². The Morgan fingerprint density at radius 1 is 1.18 bits per heavy atom. The molecule has 0 radical (unpaired) electrons. The number of carbonyl (C=O) groups is 2. The highest BCUT2D eigenvalue weighted by Gasteiger charge is 2.20. The fourth-order valence-electron chi connectivity index (χ4n) is 2.57. The number of amides is 3. The van der Waals surface area contributed by atoms with Gasteiger partial charge >= 0.3 is 6.03 Å². The molecule has 0 fully saturated rings. The molecule has 28 heavy (non-hydrogen) atoms. The van der Waals surface area contributed by atoms with Crippen molar-refractivity contribution in [2.75, 3.05) is 12.4 Å². The molecule has 3 rings (SSSR count). The highest BCUT2D eigenvalue weighted by molar-refractivity contribution is 8.21. The van der Waals surface area contributed by atoms with E-state index >= 15 is 0 Å². The van der Waals surface area contributed by atoms with Crippen LogP contribution in [-0.2, 0) is 5.41 Å². The first-order chi connectivity index (χ1) is 13.3. The predicted octanol–water partition coefficient (Wildman–Crippen LogP) is 3.94. The van der Waals surface area contributed by atoms with Crippen LogP contribution in [0.25, 0.3) is 5.57 Å². The number of nitrogens with zero attached hydrogens (tertiary/aromatic N) is 1. The van der Waals surface area contributed by atoms with Crippen LogP contribution in [0.1, 0.15) is 42.5 Å². The average molecular weight is 401 g/mol. The van der Waals surface area contributed by atoms with Crippen LogP contribution in [0.4, 0.5) is 10.6 Å². The van der Waals surface area contributed by atoms with Crippen molar-refractivity contribution in [1.82, 2.24) is 15.2 Å². The highest BCUT2D eigenvalue weighted by atomic mass is 32.2. The summed E-state index contributed by atoms with van der Waals surface area (Å²) < 4.78 is 8.18.